The third-order valence-electron chi connectivity index (χ3n) is 4.96. The molecule has 31 heavy (non-hydrogen) atoms. The number of anilines is 2. The predicted molar refractivity (Wildman–Crippen MR) is 120 cm³/mol. The Morgan fingerprint density at radius 2 is 1.55 bits per heavy atom. The van der Waals surface area contributed by atoms with E-state index in [-0.39, 0.29) is 30.3 Å². The van der Waals surface area contributed by atoms with Gasteiger partial charge in [-0.3, -0.25) is 14.4 Å². The lowest BCUT2D eigenvalue weighted by Gasteiger charge is -2.23. The number of rotatable bonds is 10. The number of quaternary nitrogens is 1. The van der Waals surface area contributed by atoms with Gasteiger partial charge in [-0.25, -0.2) is 0 Å². The van der Waals surface area contributed by atoms with E-state index in [9.17, 15) is 14.4 Å². The summed E-state index contributed by atoms with van der Waals surface area (Å²) in [5.41, 5.74) is 2.26. The molecule has 0 saturated heterocycles. The maximum absolute atomic E-state index is 12.6. The number of likely N-dealkylation sites (N-methyl/N-ethyl adjacent to an activating group) is 1. The van der Waals surface area contributed by atoms with E-state index in [1.165, 1.54) is 6.92 Å². The monoisotopic (exact) mass is 427 g/mol. The van der Waals surface area contributed by atoms with Gasteiger partial charge >= 0.3 is 0 Å². The van der Waals surface area contributed by atoms with Gasteiger partial charge in [0.2, 0.25) is 5.91 Å². The highest BCUT2D eigenvalue weighted by molar-refractivity contribution is 5.93. The summed E-state index contributed by atoms with van der Waals surface area (Å²) in [6.07, 6.45) is 0. The first-order valence-electron chi connectivity index (χ1n) is 10.2. The van der Waals surface area contributed by atoms with Crippen LogP contribution in [0.3, 0.4) is 0 Å². The molecule has 0 aromatic heterocycles. The van der Waals surface area contributed by atoms with Crippen LogP contribution in [0, 0.1) is 0 Å². The molecular formula is C23H31N4O4+. The number of carbonyl (C=O) groups excluding carboxylic acids is 3. The number of nitrogens with one attached hydrogen (secondary N) is 4. The minimum atomic E-state index is -0.379. The zero-order valence-corrected chi connectivity index (χ0v) is 18.5. The number of carbonyl (C=O) groups is 3. The lowest BCUT2D eigenvalue weighted by atomic mass is 10.2. The molecule has 0 saturated carbocycles. The zero-order valence-electron chi connectivity index (χ0n) is 18.5. The summed E-state index contributed by atoms with van der Waals surface area (Å²) in [7, 11) is 1.61. The van der Waals surface area contributed by atoms with Gasteiger partial charge in [-0.2, -0.15) is 0 Å². The van der Waals surface area contributed by atoms with Crippen molar-refractivity contribution in [3.8, 4) is 5.75 Å². The van der Waals surface area contributed by atoms with Crippen LogP contribution in [0.15, 0.2) is 48.5 Å². The van der Waals surface area contributed by atoms with E-state index in [1.54, 1.807) is 31.4 Å². The van der Waals surface area contributed by atoms with Gasteiger partial charge in [0.1, 0.15) is 5.75 Å². The maximum atomic E-state index is 12.6. The standard InChI is InChI=1S/C23H30N4O4/c1-5-27(15-22(29)26-20-10-8-19(9-11-20)25-17(3)28)16(2)23(30)24-14-18-6-12-21(31-4)13-7-18/h6-13,16H,5,14-15H2,1-4H3,(H,24,30)(H,25,28)(H,26,29)/p+1/t16-/m0/s1. The van der Waals surface area contributed by atoms with Crippen molar-refractivity contribution >= 4 is 29.1 Å². The molecule has 2 atom stereocenters. The van der Waals surface area contributed by atoms with Crippen LogP contribution in [-0.4, -0.2) is 44.0 Å². The largest absolute Gasteiger partial charge is 0.497 e. The van der Waals surface area contributed by atoms with Crippen molar-refractivity contribution in [1.82, 2.24) is 5.32 Å². The number of hydrogen-bond acceptors (Lipinski definition) is 4. The number of hydrogen-bond donors (Lipinski definition) is 4. The Bertz CT molecular complexity index is 881. The fourth-order valence-corrected chi connectivity index (χ4v) is 3.11. The second-order valence-corrected chi connectivity index (χ2v) is 7.28. The van der Waals surface area contributed by atoms with Gasteiger partial charge in [0, 0.05) is 24.8 Å². The van der Waals surface area contributed by atoms with Crippen molar-refractivity contribution in [2.24, 2.45) is 0 Å². The van der Waals surface area contributed by atoms with Crippen LogP contribution in [0.2, 0.25) is 0 Å². The van der Waals surface area contributed by atoms with Gasteiger partial charge in [0.15, 0.2) is 12.6 Å². The van der Waals surface area contributed by atoms with Crippen molar-refractivity contribution in [3.63, 3.8) is 0 Å². The zero-order chi connectivity index (χ0) is 22.8. The third kappa shape index (κ3) is 7.75. The van der Waals surface area contributed by atoms with Gasteiger partial charge < -0.3 is 25.6 Å². The Labute approximate surface area is 183 Å². The highest BCUT2D eigenvalue weighted by Crippen LogP contribution is 2.13. The van der Waals surface area contributed by atoms with E-state index < -0.39 is 0 Å². The summed E-state index contributed by atoms with van der Waals surface area (Å²) in [5, 5.41) is 8.44. The molecule has 0 aliphatic rings. The number of ether oxygens (including phenoxy) is 1. The highest BCUT2D eigenvalue weighted by atomic mass is 16.5. The number of benzene rings is 2. The maximum Gasteiger partial charge on any atom is 0.279 e. The van der Waals surface area contributed by atoms with Crippen molar-refractivity contribution < 1.29 is 24.0 Å². The first-order valence-corrected chi connectivity index (χ1v) is 10.2. The summed E-state index contributed by atoms with van der Waals surface area (Å²) in [5.74, 6) is 0.318. The van der Waals surface area contributed by atoms with Crippen molar-refractivity contribution in [2.45, 2.75) is 33.4 Å². The van der Waals surface area contributed by atoms with Crippen LogP contribution in [0.1, 0.15) is 26.3 Å². The molecule has 0 radical (unpaired) electrons. The molecule has 8 heteroatoms. The van der Waals surface area contributed by atoms with Crippen molar-refractivity contribution in [2.75, 3.05) is 30.8 Å². The summed E-state index contributed by atoms with van der Waals surface area (Å²) >= 11 is 0. The van der Waals surface area contributed by atoms with E-state index in [2.05, 4.69) is 16.0 Å². The van der Waals surface area contributed by atoms with Gasteiger partial charge in [-0.05, 0) is 55.8 Å². The average molecular weight is 428 g/mol. The average Bonchev–Trinajstić information content (AvgIpc) is 2.76. The molecule has 1 unspecified atom stereocenters. The van der Waals surface area contributed by atoms with Gasteiger partial charge in [-0.1, -0.05) is 12.1 Å². The number of methoxy groups -OCH3 is 1. The summed E-state index contributed by atoms with van der Waals surface area (Å²) in [4.78, 5) is 37.0. The molecule has 3 amide bonds. The first-order chi connectivity index (χ1) is 14.8. The van der Waals surface area contributed by atoms with E-state index in [4.69, 9.17) is 4.74 Å². The minimum absolute atomic E-state index is 0.111. The Morgan fingerprint density at radius 3 is 2.06 bits per heavy atom. The lowest BCUT2D eigenvalue weighted by molar-refractivity contribution is -0.904. The second kappa shape index (κ2) is 11.7. The molecule has 2 rings (SSSR count). The summed E-state index contributed by atoms with van der Waals surface area (Å²) in [6, 6.07) is 14.0. The SMILES string of the molecule is CC[NH+](CC(=O)Nc1ccc(NC(C)=O)cc1)[C@@H](C)C(=O)NCc1ccc(OC)cc1. The number of amides is 3. The van der Waals surface area contributed by atoms with Crippen LogP contribution in [0.25, 0.3) is 0 Å². The molecule has 0 spiro atoms. The van der Waals surface area contributed by atoms with E-state index in [1.807, 2.05) is 38.1 Å². The Hall–Kier alpha value is -3.39. The fraction of sp³-hybridized carbons (Fsp3) is 0.348. The third-order valence-corrected chi connectivity index (χ3v) is 4.96. The van der Waals surface area contributed by atoms with Gasteiger partial charge in [0.25, 0.3) is 11.8 Å². The van der Waals surface area contributed by atoms with Gasteiger partial charge in [0.05, 0.1) is 13.7 Å². The molecule has 0 bridgehead atoms. The molecule has 2 aromatic rings. The van der Waals surface area contributed by atoms with E-state index in [0.29, 0.717) is 24.5 Å². The van der Waals surface area contributed by atoms with E-state index >= 15 is 0 Å². The first kappa shape index (κ1) is 23.9. The fourth-order valence-electron chi connectivity index (χ4n) is 3.11. The Morgan fingerprint density at radius 1 is 0.968 bits per heavy atom. The van der Waals surface area contributed by atoms with Crippen LogP contribution in [-0.2, 0) is 20.9 Å². The molecule has 0 aliphatic heterocycles. The molecular weight excluding hydrogens is 396 g/mol. The van der Waals surface area contributed by atoms with Crippen LogP contribution < -0.4 is 25.6 Å². The lowest BCUT2D eigenvalue weighted by Crippen LogP contribution is -3.17. The second-order valence-electron chi connectivity index (χ2n) is 7.28. The predicted octanol–water partition coefficient (Wildman–Crippen LogP) is 1.20. The molecule has 0 fully saturated rings. The van der Waals surface area contributed by atoms with Crippen LogP contribution in [0.5, 0.6) is 5.75 Å². The topological polar surface area (TPSA) is 101 Å². The van der Waals surface area contributed by atoms with Crippen molar-refractivity contribution in [3.05, 3.63) is 54.1 Å². The molecule has 0 heterocycles. The molecule has 4 N–H and O–H groups in total. The highest BCUT2D eigenvalue weighted by Gasteiger charge is 2.25. The van der Waals surface area contributed by atoms with Crippen molar-refractivity contribution in [1.29, 1.82) is 0 Å². The minimum Gasteiger partial charge on any atom is -0.497 e. The van der Waals surface area contributed by atoms with Crippen LogP contribution >= 0.6 is 0 Å². The van der Waals surface area contributed by atoms with Gasteiger partial charge in [-0.15, -0.1) is 0 Å². The normalized spacial score (nSPS) is 12.4. The molecule has 0 aliphatic carbocycles. The molecule has 166 valence electrons. The summed E-state index contributed by atoms with van der Waals surface area (Å²) < 4.78 is 5.13. The van der Waals surface area contributed by atoms with Crippen LogP contribution in [0.4, 0.5) is 11.4 Å². The van der Waals surface area contributed by atoms with E-state index in [0.717, 1.165) is 16.2 Å². The molecule has 8 nitrogen and oxygen atoms in total. The Kier molecular flexibility index (Phi) is 9.02. The quantitative estimate of drug-likeness (QED) is 0.458. The Balaban J connectivity index is 1.85. The summed E-state index contributed by atoms with van der Waals surface area (Å²) in [6.45, 7) is 6.41. The smallest absolute Gasteiger partial charge is 0.279 e. The molecule has 2 aromatic carbocycles.